The zero-order chi connectivity index (χ0) is 20.9. The van der Waals surface area contributed by atoms with Gasteiger partial charge in [-0.3, -0.25) is 14.2 Å². The molecule has 0 spiro atoms. The number of esters is 2. The van der Waals surface area contributed by atoms with Crippen molar-refractivity contribution in [1.29, 1.82) is 0 Å². The van der Waals surface area contributed by atoms with Crippen molar-refractivity contribution in [2.75, 3.05) is 7.11 Å². The quantitative estimate of drug-likeness (QED) is 0.400. The summed E-state index contributed by atoms with van der Waals surface area (Å²) in [5.74, 6) is -3.97. The summed E-state index contributed by atoms with van der Waals surface area (Å²) < 4.78 is 30.1. The van der Waals surface area contributed by atoms with Crippen LogP contribution >= 0.6 is 30.6 Å². The van der Waals surface area contributed by atoms with Gasteiger partial charge in [0.15, 0.2) is 0 Å². The molecule has 0 heterocycles. The SMILES string of the molecule is COP(=O)([C@H](OC(C)=O)c1ccc(Cl)cc1)[C@H](OC(C)=O)c1ccc(Cl)cc1. The summed E-state index contributed by atoms with van der Waals surface area (Å²) in [5, 5.41) is 0.902. The van der Waals surface area contributed by atoms with Gasteiger partial charge in [-0.15, -0.1) is 0 Å². The lowest BCUT2D eigenvalue weighted by Gasteiger charge is -2.32. The third-order valence-corrected chi connectivity index (χ3v) is 6.99. The van der Waals surface area contributed by atoms with Crippen molar-refractivity contribution in [3.05, 3.63) is 69.7 Å². The third-order valence-electron chi connectivity index (χ3n) is 3.80. The second-order valence-corrected chi connectivity index (χ2v) is 9.32. The van der Waals surface area contributed by atoms with E-state index < -0.39 is 31.0 Å². The van der Waals surface area contributed by atoms with Crippen molar-refractivity contribution in [1.82, 2.24) is 0 Å². The van der Waals surface area contributed by atoms with E-state index in [0.29, 0.717) is 21.2 Å². The average molecular weight is 445 g/mol. The molecule has 0 aromatic heterocycles. The maximum Gasteiger partial charge on any atom is 0.303 e. The van der Waals surface area contributed by atoms with Crippen molar-refractivity contribution in [2.24, 2.45) is 0 Å². The Bertz CT molecular complexity index is 813. The van der Waals surface area contributed by atoms with Crippen molar-refractivity contribution < 1.29 is 28.2 Å². The van der Waals surface area contributed by atoms with E-state index in [2.05, 4.69) is 0 Å². The number of carbonyl (C=O) groups excluding carboxylic acids is 2. The smallest absolute Gasteiger partial charge is 0.303 e. The molecule has 0 fully saturated rings. The molecule has 0 aliphatic rings. The second kappa shape index (κ2) is 9.57. The number of hydrogen-bond donors (Lipinski definition) is 0. The number of rotatable bonds is 7. The van der Waals surface area contributed by atoms with Crippen LogP contribution in [0.2, 0.25) is 10.0 Å². The average Bonchev–Trinajstić information content (AvgIpc) is 2.65. The monoisotopic (exact) mass is 444 g/mol. The molecule has 0 bridgehead atoms. The molecule has 0 aliphatic heterocycles. The van der Waals surface area contributed by atoms with Gasteiger partial charge < -0.3 is 14.0 Å². The molecule has 150 valence electrons. The Morgan fingerprint density at radius 2 is 1.11 bits per heavy atom. The maximum atomic E-state index is 14.0. The maximum absolute atomic E-state index is 14.0. The lowest BCUT2D eigenvalue weighted by Crippen LogP contribution is -2.18. The first kappa shape index (κ1) is 22.4. The van der Waals surface area contributed by atoms with Crippen LogP contribution in [0.1, 0.15) is 36.7 Å². The van der Waals surface area contributed by atoms with Gasteiger partial charge in [0.25, 0.3) is 7.37 Å². The van der Waals surface area contributed by atoms with E-state index in [4.69, 9.17) is 37.2 Å². The Morgan fingerprint density at radius 3 is 1.36 bits per heavy atom. The zero-order valence-electron chi connectivity index (χ0n) is 15.4. The van der Waals surface area contributed by atoms with Crippen LogP contribution in [0, 0.1) is 0 Å². The van der Waals surface area contributed by atoms with Gasteiger partial charge in [0.2, 0.25) is 11.7 Å². The number of carbonyl (C=O) groups is 2. The molecule has 0 N–H and O–H groups in total. The van der Waals surface area contributed by atoms with Crippen molar-refractivity contribution >= 4 is 42.5 Å². The molecule has 0 unspecified atom stereocenters. The summed E-state index contributed by atoms with van der Waals surface area (Å²) in [6, 6.07) is 12.5. The van der Waals surface area contributed by atoms with Gasteiger partial charge >= 0.3 is 11.9 Å². The first-order valence-corrected chi connectivity index (χ1v) is 10.7. The number of halogens is 2. The van der Waals surface area contributed by atoms with Crippen LogP contribution in [0.3, 0.4) is 0 Å². The number of benzene rings is 2. The van der Waals surface area contributed by atoms with Crippen LogP contribution < -0.4 is 0 Å². The van der Waals surface area contributed by atoms with Crippen LogP contribution in [0.4, 0.5) is 0 Å². The minimum Gasteiger partial charge on any atom is -0.447 e. The largest absolute Gasteiger partial charge is 0.447 e. The van der Waals surface area contributed by atoms with Crippen LogP contribution in [0.25, 0.3) is 0 Å². The Morgan fingerprint density at radius 1 is 0.786 bits per heavy atom. The molecule has 9 heteroatoms. The summed E-state index contributed by atoms with van der Waals surface area (Å²) in [4.78, 5) is 23.5. The van der Waals surface area contributed by atoms with Gasteiger partial charge in [-0.05, 0) is 24.3 Å². The highest BCUT2D eigenvalue weighted by atomic mass is 35.5. The zero-order valence-corrected chi connectivity index (χ0v) is 17.8. The van der Waals surface area contributed by atoms with E-state index in [0.717, 1.165) is 0 Å². The van der Waals surface area contributed by atoms with Gasteiger partial charge in [0.05, 0.1) is 0 Å². The molecular formula is C19H19Cl2O6P. The molecule has 2 aromatic carbocycles. The predicted octanol–water partition coefficient (Wildman–Crippen LogP) is 5.74. The molecule has 2 atom stereocenters. The lowest BCUT2D eigenvalue weighted by molar-refractivity contribution is -0.144. The summed E-state index contributed by atoms with van der Waals surface area (Å²) in [7, 11) is -2.77. The Hall–Kier alpha value is -1.85. The topological polar surface area (TPSA) is 78.9 Å². The molecule has 0 aliphatic carbocycles. The van der Waals surface area contributed by atoms with Crippen LogP contribution in [-0.2, 0) is 28.2 Å². The molecule has 0 radical (unpaired) electrons. The molecule has 2 aromatic rings. The van der Waals surface area contributed by atoms with Gasteiger partial charge in [0.1, 0.15) is 0 Å². The van der Waals surface area contributed by atoms with Crippen LogP contribution in [0.15, 0.2) is 48.5 Å². The van der Waals surface area contributed by atoms with Crippen molar-refractivity contribution in [3.8, 4) is 0 Å². The van der Waals surface area contributed by atoms with E-state index >= 15 is 0 Å². The summed E-state index contributed by atoms with van der Waals surface area (Å²) in [6.45, 7) is 2.37. The fourth-order valence-corrected chi connectivity index (χ4v) is 5.23. The first-order valence-electron chi connectivity index (χ1n) is 8.18. The van der Waals surface area contributed by atoms with Gasteiger partial charge in [-0.1, -0.05) is 47.5 Å². The molecule has 2 rings (SSSR count). The summed E-state index contributed by atoms with van der Waals surface area (Å²) >= 11 is 11.8. The fourth-order valence-electron chi connectivity index (χ4n) is 2.58. The number of ether oxygens (including phenoxy) is 2. The molecule has 6 nitrogen and oxygen atoms in total. The molecule has 0 saturated heterocycles. The molecule has 28 heavy (non-hydrogen) atoms. The van der Waals surface area contributed by atoms with Crippen LogP contribution in [-0.4, -0.2) is 19.0 Å². The minimum absolute atomic E-state index is 0.385. The predicted molar refractivity (Wildman–Crippen MR) is 107 cm³/mol. The normalized spacial score (nSPS) is 13.5. The summed E-state index contributed by atoms with van der Waals surface area (Å²) in [5.41, 5.74) is 0.770. The Kier molecular flexibility index (Phi) is 7.67. The highest BCUT2D eigenvalue weighted by Crippen LogP contribution is 2.70. The van der Waals surface area contributed by atoms with Crippen molar-refractivity contribution in [2.45, 2.75) is 25.5 Å². The highest BCUT2D eigenvalue weighted by Gasteiger charge is 2.47. The minimum atomic E-state index is -3.97. The highest BCUT2D eigenvalue weighted by molar-refractivity contribution is 7.59. The van der Waals surface area contributed by atoms with E-state index in [-0.39, 0.29) is 0 Å². The van der Waals surface area contributed by atoms with E-state index in [9.17, 15) is 14.2 Å². The van der Waals surface area contributed by atoms with E-state index in [1.54, 1.807) is 48.5 Å². The first-order chi connectivity index (χ1) is 13.2. The van der Waals surface area contributed by atoms with E-state index in [1.807, 2.05) is 0 Å². The van der Waals surface area contributed by atoms with Gasteiger partial charge in [-0.25, -0.2) is 0 Å². The third kappa shape index (κ3) is 5.36. The number of hydrogen-bond acceptors (Lipinski definition) is 6. The summed E-state index contributed by atoms with van der Waals surface area (Å²) in [6.07, 6.45) is 0. The molecular weight excluding hydrogens is 426 g/mol. The fraction of sp³-hybridized carbons (Fsp3) is 0.263. The van der Waals surface area contributed by atoms with Crippen LogP contribution in [0.5, 0.6) is 0 Å². The standard InChI is InChI=1S/C19H19Cl2O6P/c1-12(22)26-18(14-4-8-16(20)9-5-14)28(24,25-3)19(27-13(2)23)15-6-10-17(21)11-7-15/h4-11,18-19H,1-3H3/t18-,19-/m0/s1. The lowest BCUT2D eigenvalue weighted by atomic mass is 10.2. The van der Waals surface area contributed by atoms with E-state index in [1.165, 1.54) is 21.0 Å². The molecule has 0 amide bonds. The Balaban J connectivity index is 2.62. The molecule has 0 saturated carbocycles. The Labute approximate surface area is 173 Å². The second-order valence-electron chi connectivity index (χ2n) is 5.85. The van der Waals surface area contributed by atoms with Gasteiger partial charge in [0, 0.05) is 42.1 Å². The van der Waals surface area contributed by atoms with Gasteiger partial charge in [-0.2, -0.15) is 0 Å². The van der Waals surface area contributed by atoms with Crippen molar-refractivity contribution in [3.63, 3.8) is 0 Å².